The molecule has 0 aromatic heterocycles. The fourth-order valence-electron chi connectivity index (χ4n) is 4.16. The third-order valence-corrected chi connectivity index (χ3v) is 5.35. The SMILES string of the molecule is Cc1cc(C)c(NCCN2[C]N(CCNc3c(C)cc(C)cc3C)C=C2)c(C)c1. The van der Waals surface area contributed by atoms with Crippen LogP contribution >= 0.6 is 0 Å². The Balaban J connectivity index is 1.41. The minimum atomic E-state index is 0.885. The van der Waals surface area contributed by atoms with Gasteiger partial charge in [0.1, 0.15) is 0 Å². The molecule has 2 aromatic carbocycles. The van der Waals surface area contributed by atoms with Gasteiger partial charge in [0, 0.05) is 50.0 Å². The summed E-state index contributed by atoms with van der Waals surface area (Å²) in [6.07, 6.45) is 4.19. The molecule has 29 heavy (non-hydrogen) atoms. The predicted octanol–water partition coefficient (Wildman–Crippen LogP) is 5.15. The third-order valence-electron chi connectivity index (χ3n) is 5.35. The first-order valence-corrected chi connectivity index (χ1v) is 10.4. The summed E-state index contributed by atoms with van der Waals surface area (Å²) in [6, 6.07) is 8.93. The Kier molecular flexibility index (Phi) is 6.73. The first-order valence-electron chi connectivity index (χ1n) is 10.4. The van der Waals surface area contributed by atoms with Crippen molar-refractivity contribution in [1.29, 1.82) is 0 Å². The van der Waals surface area contributed by atoms with Crippen LogP contribution in [0, 0.1) is 48.2 Å². The molecule has 0 amide bonds. The largest absolute Gasteiger partial charge is 0.383 e. The maximum atomic E-state index is 3.59. The van der Waals surface area contributed by atoms with Gasteiger partial charge in [-0.05, 0) is 63.8 Å². The van der Waals surface area contributed by atoms with Crippen LogP contribution in [0.25, 0.3) is 0 Å². The number of nitrogens with zero attached hydrogens (tertiary/aromatic N) is 2. The van der Waals surface area contributed by atoms with Crippen molar-refractivity contribution in [2.75, 3.05) is 36.8 Å². The van der Waals surface area contributed by atoms with Crippen molar-refractivity contribution < 1.29 is 0 Å². The summed E-state index contributed by atoms with van der Waals surface area (Å²) in [5, 5.41) is 7.17. The summed E-state index contributed by atoms with van der Waals surface area (Å²) < 4.78 is 0. The van der Waals surface area contributed by atoms with Gasteiger partial charge >= 0.3 is 0 Å². The van der Waals surface area contributed by atoms with Gasteiger partial charge in [-0.3, -0.25) is 0 Å². The molecule has 1 aliphatic rings. The quantitative estimate of drug-likeness (QED) is 0.653. The van der Waals surface area contributed by atoms with Crippen molar-refractivity contribution in [3.63, 3.8) is 0 Å². The number of anilines is 2. The van der Waals surface area contributed by atoms with Crippen molar-refractivity contribution in [2.24, 2.45) is 0 Å². The van der Waals surface area contributed by atoms with E-state index in [1.165, 1.54) is 44.8 Å². The van der Waals surface area contributed by atoms with Crippen LogP contribution in [0.1, 0.15) is 33.4 Å². The Hall–Kier alpha value is -2.62. The molecule has 3 rings (SSSR count). The van der Waals surface area contributed by atoms with E-state index in [1.807, 2.05) is 0 Å². The molecule has 0 unspecified atom stereocenters. The van der Waals surface area contributed by atoms with Crippen LogP contribution in [0.15, 0.2) is 36.7 Å². The Bertz CT molecular complexity index is 767. The van der Waals surface area contributed by atoms with E-state index in [-0.39, 0.29) is 0 Å². The second kappa shape index (κ2) is 9.25. The minimum absolute atomic E-state index is 0.885. The van der Waals surface area contributed by atoms with E-state index in [0.29, 0.717) is 0 Å². The third kappa shape index (κ3) is 5.47. The standard InChI is InChI=1S/C25H34N4/c1-18-13-20(3)24(21(4)14-18)26-7-9-28-11-12-29(17-28)10-8-27-25-22(5)15-19(2)16-23(25)6/h11-16,26-27H,7-10H2,1-6H3. The molecule has 0 aliphatic carbocycles. The van der Waals surface area contributed by atoms with E-state index < -0.39 is 0 Å². The van der Waals surface area contributed by atoms with E-state index in [9.17, 15) is 0 Å². The van der Waals surface area contributed by atoms with Gasteiger partial charge in [0.05, 0.1) is 0 Å². The highest BCUT2D eigenvalue weighted by Gasteiger charge is 2.14. The molecule has 2 radical (unpaired) electrons. The van der Waals surface area contributed by atoms with E-state index >= 15 is 0 Å². The van der Waals surface area contributed by atoms with Gasteiger partial charge in [0.25, 0.3) is 0 Å². The molecule has 1 heterocycles. The molecule has 0 saturated carbocycles. The summed E-state index contributed by atoms with van der Waals surface area (Å²) >= 11 is 0. The highest BCUT2D eigenvalue weighted by Crippen LogP contribution is 2.23. The maximum absolute atomic E-state index is 3.59. The molecule has 0 spiro atoms. The molecule has 154 valence electrons. The number of benzene rings is 2. The molecule has 0 atom stereocenters. The van der Waals surface area contributed by atoms with Gasteiger partial charge in [-0.2, -0.15) is 0 Å². The molecule has 4 heteroatoms. The van der Waals surface area contributed by atoms with Crippen LogP contribution in [0.5, 0.6) is 0 Å². The van der Waals surface area contributed by atoms with Crippen molar-refractivity contribution in [3.05, 3.63) is 76.7 Å². The minimum Gasteiger partial charge on any atom is -0.383 e. The summed E-state index contributed by atoms with van der Waals surface area (Å²) in [5.41, 5.74) is 10.4. The lowest BCUT2D eigenvalue weighted by Gasteiger charge is -2.21. The topological polar surface area (TPSA) is 30.5 Å². The zero-order valence-corrected chi connectivity index (χ0v) is 18.7. The van der Waals surface area contributed by atoms with Crippen LogP contribution in [0.3, 0.4) is 0 Å². The fraction of sp³-hybridized carbons (Fsp3) is 0.400. The number of rotatable bonds is 8. The van der Waals surface area contributed by atoms with Gasteiger partial charge < -0.3 is 20.4 Å². The molecular formula is C25H34N4. The number of hydrogen-bond donors (Lipinski definition) is 2. The average molecular weight is 391 g/mol. The van der Waals surface area contributed by atoms with Crippen molar-refractivity contribution >= 4 is 11.4 Å². The normalized spacial score (nSPS) is 13.3. The fourth-order valence-corrected chi connectivity index (χ4v) is 4.16. The molecule has 2 N–H and O–H groups in total. The van der Waals surface area contributed by atoms with E-state index in [2.05, 4.69) is 105 Å². The second-order valence-corrected chi connectivity index (χ2v) is 8.19. The highest BCUT2D eigenvalue weighted by molar-refractivity contribution is 5.59. The Morgan fingerprint density at radius 2 is 0.966 bits per heavy atom. The molecule has 2 aromatic rings. The summed E-state index contributed by atoms with van der Waals surface area (Å²) in [5.74, 6) is 0. The Morgan fingerprint density at radius 3 is 1.31 bits per heavy atom. The van der Waals surface area contributed by atoms with E-state index in [0.717, 1.165) is 26.2 Å². The van der Waals surface area contributed by atoms with Gasteiger partial charge in [0.15, 0.2) is 0 Å². The monoisotopic (exact) mass is 390 g/mol. The summed E-state index contributed by atoms with van der Waals surface area (Å²) in [6.45, 7) is 19.9. The van der Waals surface area contributed by atoms with Crippen LogP contribution in [0.4, 0.5) is 11.4 Å². The number of hydrogen-bond acceptors (Lipinski definition) is 4. The van der Waals surface area contributed by atoms with Crippen LogP contribution in [0.2, 0.25) is 0 Å². The lowest BCUT2D eigenvalue weighted by atomic mass is 10.1. The molecular weight excluding hydrogens is 356 g/mol. The zero-order valence-electron chi connectivity index (χ0n) is 18.7. The second-order valence-electron chi connectivity index (χ2n) is 8.19. The van der Waals surface area contributed by atoms with Gasteiger partial charge in [-0.25, -0.2) is 0 Å². The van der Waals surface area contributed by atoms with Gasteiger partial charge in [0.2, 0.25) is 6.67 Å². The highest BCUT2D eigenvalue weighted by atomic mass is 15.3. The lowest BCUT2D eigenvalue weighted by Crippen LogP contribution is -2.27. The Labute approximate surface area is 176 Å². The van der Waals surface area contributed by atoms with Crippen LogP contribution in [-0.4, -0.2) is 36.0 Å². The predicted molar refractivity (Wildman–Crippen MR) is 124 cm³/mol. The summed E-state index contributed by atoms with van der Waals surface area (Å²) in [7, 11) is 0. The smallest absolute Gasteiger partial charge is 0.208 e. The van der Waals surface area contributed by atoms with Crippen molar-refractivity contribution in [2.45, 2.75) is 41.5 Å². The molecule has 0 saturated heterocycles. The lowest BCUT2D eigenvalue weighted by molar-refractivity contribution is 0.358. The molecule has 1 aliphatic heterocycles. The first kappa shape index (κ1) is 21.1. The average Bonchev–Trinajstić information content (AvgIpc) is 3.07. The molecule has 4 nitrogen and oxygen atoms in total. The Morgan fingerprint density at radius 1 is 0.621 bits per heavy atom. The van der Waals surface area contributed by atoms with Gasteiger partial charge in [-0.15, -0.1) is 0 Å². The number of aryl methyl sites for hydroxylation is 6. The van der Waals surface area contributed by atoms with Crippen LogP contribution in [-0.2, 0) is 0 Å². The zero-order chi connectivity index (χ0) is 21.0. The van der Waals surface area contributed by atoms with Crippen molar-refractivity contribution in [3.8, 4) is 0 Å². The molecule has 0 fully saturated rings. The first-order chi connectivity index (χ1) is 13.8. The van der Waals surface area contributed by atoms with E-state index in [4.69, 9.17) is 0 Å². The maximum Gasteiger partial charge on any atom is 0.208 e. The van der Waals surface area contributed by atoms with Crippen molar-refractivity contribution in [1.82, 2.24) is 9.80 Å². The summed E-state index contributed by atoms with van der Waals surface area (Å²) in [4.78, 5) is 4.24. The number of nitrogens with one attached hydrogen (secondary N) is 2. The molecule has 0 bridgehead atoms. The van der Waals surface area contributed by atoms with Crippen LogP contribution < -0.4 is 10.6 Å². The van der Waals surface area contributed by atoms with E-state index in [1.54, 1.807) is 0 Å². The van der Waals surface area contributed by atoms with Gasteiger partial charge in [-0.1, -0.05) is 35.4 Å².